The minimum absolute atomic E-state index is 0.0772. The van der Waals surface area contributed by atoms with Crippen LogP contribution in [-0.4, -0.2) is 11.1 Å². The van der Waals surface area contributed by atoms with E-state index in [-0.39, 0.29) is 6.42 Å². The summed E-state index contributed by atoms with van der Waals surface area (Å²) in [6, 6.07) is 0. The first-order valence-electron chi connectivity index (χ1n) is 5.62. The van der Waals surface area contributed by atoms with Gasteiger partial charge in [0.2, 0.25) is 0 Å². The van der Waals surface area contributed by atoms with Crippen molar-refractivity contribution in [3.8, 4) is 0 Å². The first kappa shape index (κ1) is 14.4. The number of carboxylic acids is 1. The Kier molecular flexibility index (Phi) is 10.4. The molecule has 88 valence electrons. The van der Waals surface area contributed by atoms with E-state index in [0.717, 1.165) is 12.8 Å². The zero-order chi connectivity index (χ0) is 12.1. The molecule has 0 amide bonds. The Morgan fingerprint density at radius 2 is 1.69 bits per heavy atom. The van der Waals surface area contributed by atoms with Gasteiger partial charge in [-0.3, -0.25) is 4.79 Å². The fraction of sp³-hybridized carbons (Fsp3) is 0.357. The molecule has 0 aliphatic carbocycles. The number of hydrogen-bond donors (Lipinski definition) is 1. The summed E-state index contributed by atoms with van der Waals surface area (Å²) in [5, 5.41) is 8.36. The zero-order valence-electron chi connectivity index (χ0n) is 9.80. The second-order valence-electron chi connectivity index (χ2n) is 3.33. The quantitative estimate of drug-likeness (QED) is 0.498. The van der Waals surface area contributed by atoms with Crippen molar-refractivity contribution >= 4 is 5.97 Å². The molecule has 0 rings (SSSR count). The maximum absolute atomic E-state index is 10.2. The predicted molar refractivity (Wildman–Crippen MR) is 68.3 cm³/mol. The Morgan fingerprint density at radius 1 is 1.00 bits per heavy atom. The van der Waals surface area contributed by atoms with Gasteiger partial charge in [0.05, 0.1) is 6.42 Å². The summed E-state index contributed by atoms with van der Waals surface area (Å²) < 4.78 is 0. The van der Waals surface area contributed by atoms with E-state index in [0.29, 0.717) is 0 Å². The fourth-order valence-corrected chi connectivity index (χ4v) is 0.992. The Bertz CT molecular complexity index is 283. The van der Waals surface area contributed by atoms with Crippen LogP contribution < -0.4 is 0 Å². The highest BCUT2D eigenvalue weighted by molar-refractivity contribution is 5.68. The van der Waals surface area contributed by atoms with Crippen LogP contribution in [0.2, 0.25) is 0 Å². The molecule has 0 aromatic rings. The molecule has 0 spiro atoms. The zero-order valence-corrected chi connectivity index (χ0v) is 9.80. The van der Waals surface area contributed by atoms with Gasteiger partial charge in [-0.1, -0.05) is 62.0 Å². The lowest BCUT2D eigenvalue weighted by Crippen LogP contribution is -1.89. The SMILES string of the molecule is CCCC=CCC=CC=CC=CCC(=O)O. The topological polar surface area (TPSA) is 37.3 Å². The molecule has 0 fully saturated rings. The molecule has 0 aromatic carbocycles. The third kappa shape index (κ3) is 12.4. The van der Waals surface area contributed by atoms with Crippen molar-refractivity contribution in [2.45, 2.75) is 32.6 Å². The fourth-order valence-electron chi connectivity index (χ4n) is 0.992. The van der Waals surface area contributed by atoms with E-state index in [9.17, 15) is 4.79 Å². The molecular formula is C14H20O2. The van der Waals surface area contributed by atoms with E-state index in [2.05, 4.69) is 25.2 Å². The predicted octanol–water partition coefficient (Wildman–Crippen LogP) is 3.88. The number of allylic oxidation sites excluding steroid dienone is 7. The van der Waals surface area contributed by atoms with E-state index < -0.39 is 5.97 Å². The largest absolute Gasteiger partial charge is 0.481 e. The summed E-state index contributed by atoms with van der Waals surface area (Å²) in [6.45, 7) is 2.16. The lowest BCUT2D eigenvalue weighted by Gasteiger charge is -1.83. The summed E-state index contributed by atoms with van der Waals surface area (Å²) in [5.41, 5.74) is 0. The van der Waals surface area contributed by atoms with Crippen molar-refractivity contribution in [3.05, 3.63) is 48.6 Å². The van der Waals surface area contributed by atoms with Gasteiger partial charge < -0.3 is 5.11 Å². The molecule has 16 heavy (non-hydrogen) atoms. The van der Waals surface area contributed by atoms with Crippen LogP contribution in [0.25, 0.3) is 0 Å². The van der Waals surface area contributed by atoms with Gasteiger partial charge >= 0.3 is 5.97 Å². The average molecular weight is 220 g/mol. The van der Waals surface area contributed by atoms with E-state index in [4.69, 9.17) is 5.11 Å². The maximum atomic E-state index is 10.2. The number of aliphatic carboxylic acids is 1. The molecule has 0 aromatic heterocycles. The minimum atomic E-state index is -0.804. The van der Waals surface area contributed by atoms with Crippen molar-refractivity contribution in [1.82, 2.24) is 0 Å². The molecule has 0 bridgehead atoms. The van der Waals surface area contributed by atoms with Gasteiger partial charge in [-0.25, -0.2) is 0 Å². The first-order chi connectivity index (χ1) is 7.77. The molecule has 0 heterocycles. The van der Waals surface area contributed by atoms with Crippen LogP contribution >= 0.6 is 0 Å². The van der Waals surface area contributed by atoms with Crippen molar-refractivity contribution < 1.29 is 9.90 Å². The molecule has 0 saturated heterocycles. The van der Waals surface area contributed by atoms with E-state index in [1.54, 1.807) is 12.2 Å². The van der Waals surface area contributed by atoms with Gasteiger partial charge in [0.1, 0.15) is 0 Å². The van der Waals surface area contributed by atoms with Crippen molar-refractivity contribution in [1.29, 1.82) is 0 Å². The third-order valence-corrected chi connectivity index (χ3v) is 1.79. The lowest BCUT2D eigenvalue weighted by molar-refractivity contribution is -0.135. The minimum Gasteiger partial charge on any atom is -0.481 e. The molecule has 2 heteroatoms. The second kappa shape index (κ2) is 11.5. The number of rotatable bonds is 8. The average Bonchev–Trinajstić information content (AvgIpc) is 2.25. The van der Waals surface area contributed by atoms with Crippen molar-refractivity contribution in [2.24, 2.45) is 0 Å². The van der Waals surface area contributed by atoms with Gasteiger partial charge in [0.15, 0.2) is 0 Å². The smallest absolute Gasteiger partial charge is 0.307 e. The highest BCUT2D eigenvalue weighted by Gasteiger charge is 1.86. The number of carbonyl (C=O) groups is 1. The molecule has 0 aliphatic heterocycles. The van der Waals surface area contributed by atoms with E-state index >= 15 is 0 Å². The molecule has 2 nitrogen and oxygen atoms in total. The number of hydrogen-bond acceptors (Lipinski definition) is 1. The molecule has 1 N–H and O–H groups in total. The highest BCUT2D eigenvalue weighted by atomic mass is 16.4. The van der Waals surface area contributed by atoms with Crippen LogP contribution in [0.4, 0.5) is 0 Å². The standard InChI is InChI=1S/C14H20O2/c1-2-3-4-5-6-7-8-9-10-11-12-13-14(15)16/h4-5,7-12H,2-3,6,13H2,1H3,(H,15,16). The number of carboxylic acid groups (broad SMARTS) is 1. The van der Waals surface area contributed by atoms with Crippen LogP contribution in [0, 0.1) is 0 Å². The maximum Gasteiger partial charge on any atom is 0.307 e. The van der Waals surface area contributed by atoms with Gasteiger partial charge in [-0.15, -0.1) is 0 Å². The monoisotopic (exact) mass is 220 g/mol. The molecular weight excluding hydrogens is 200 g/mol. The second-order valence-corrected chi connectivity index (χ2v) is 3.33. The normalized spacial score (nSPS) is 12.6. The summed E-state index contributed by atoms with van der Waals surface area (Å²) >= 11 is 0. The summed E-state index contributed by atoms with van der Waals surface area (Å²) in [7, 11) is 0. The Hall–Kier alpha value is -1.57. The Balaban J connectivity index is 3.55. The van der Waals surface area contributed by atoms with Gasteiger partial charge in [0.25, 0.3) is 0 Å². The molecule has 0 unspecified atom stereocenters. The summed E-state index contributed by atoms with van der Waals surface area (Å²) in [6.07, 6.45) is 18.8. The summed E-state index contributed by atoms with van der Waals surface area (Å²) in [4.78, 5) is 10.2. The van der Waals surface area contributed by atoms with E-state index in [1.807, 2.05) is 18.2 Å². The van der Waals surface area contributed by atoms with Crippen LogP contribution in [0.1, 0.15) is 32.6 Å². The van der Waals surface area contributed by atoms with Crippen molar-refractivity contribution in [3.63, 3.8) is 0 Å². The first-order valence-corrected chi connectivity index (χ1v) is 5.62. The van der Waals surface area contributed by atoms with Crippen LogP contribution in [0.5, 0.6) is 0 Å². The molecule has 0 aliphatic rings. The van der Waals surface area contributed by atoms with Crippen LogP contribution in [0.3, 0.4) is 0 Å². The lowest BCUT2D eigenvalue weighted by atomic mass is 10.2. The van der Waals surface area contributed by atoms with Gasteiger partial charge in [-0.2, -0.15) is 0 Å². The third-order valence-electron chi connectivity index (χ3n) is 1.79. The highest BCUT2D eigenvalue weighted by Crippen LogP contribution is 1.92. The molecule has 0 radical (unpaired) electrons. The Morgan fingerprint density at radius 3 is 2.31 bits per heavy atom. The number of unbranched alkanes of at least 4 members (excludes halogenated alkanes) is 1. The van der Waals surface area contributed by atoms with Gasteiger partial charge in [0, 0.05) is 0 Å². The van der Waals surface area contributed by atoms with Crippen LogP contribution in [0.15, 0.2) is 48.6 Å². The Labute approximate surface area is 97.7 Å². The molecule has 0 atom stereocenters. The van der Waals surface area contributed by atoms with Crippen molar-refractivity contribution in [2.75, 3.05) is 0 Å². The molecule has 0 saturated carbocycles. The van der Waals surface area contributed by atoms with E-state index in [1.165, 1.54) is 6.42 Å². The summed E-state index contributed by atoms with van der Waals surface area (Å²) in [5.74, 6) is -0.804. The van der Waals surface area contributed by atoms with Crippen LogP contribution in [-0.2, 0) is 4.79 Å². The van der Waals surface area contributed by atoms with Gasteiger partial charge in [-0.05, 0) is 12.8 Å².